The van der Waals surface area contributed by atoms with Gasteiger partial charge in [0.05, 0.1) is 18.8 Å². The molecule has 0 fully saturated rings. The minimum Gasteiger partial charge on any atom is -0.490 e. The minimum absolute atomic E-state index is 0.0561. The summed E-state index contributed by atoms with van der Waals surface area (Å²) in [5, 5.41) is 11.8. The maximum absolute atomic E-state index is 12.9. The number of nitrogens with one attached hydrogen (secondary N) is 1. The molecule has 5 nitrogen and oxygen atoms in total. The Morgan fingerprint density at radius 3 is 2.43 bits per heavy atom. The van der Waals surface area contributed by atoms with E-state index in [0.29, 0.717) is 30.3 Å². The molecule has 2 aromatic rings. The van der Waals surface area contributed by atoms with Gasteiger partial charge in [-0.05, 0) is 55.3 Å². The van der Waals surface area contributed by atoms with Gasteiger partial charge in [-0.1, -0.05) is 51.2 Å². The predicted molar refractivity (Wildman–Crippen MR) is 130 cm³/mol. The zero-order valence-corrected chi connectivity index (χ0v) is 20.1. The second kappa shape index (κ2) is 14.1. The zero-order chi connectivity index (χ0) is 25.7. The summed E-state index contributed by atoms with van der Waals surface area (Å²) < 4.78 is 50.3. The summed E-state index contributed by atoms with van der Waals surface area (Å²) in [6, 6.07) is 11.1. The molecule has 0 aromatic heterocycles. The summed E-state index contributed by atoms with van der Waals surface area (Å²) in [5.41, 5.74) is -0.683. The van der Waals surface area contributed by atoms with E-state index in [-0.39, 0.29) is 11.3 Å². The molecule has 0 saturated heterocycles. The number of hydrogen-bond acceptors (Lipinski definition) is 4. The third-order valence-electron chi connectivity index (χ3n) is 5.15. The van der Waals surface area contributed by atoms with Gasteiger partial charge in [-0.15, -0.1) is 0 Å². The summed E-state index contributed by atoms with van der Waals surface area (Å²) in [4.78, 5) is 12.5. The smallest absolute Gasteiger partial charge is 0.416 e. The molecule has 2 rings (SSSR count). The largest absolute Gasteiger partial charge is 0.490 e. The average molecular weight is 489 g/mol. The second-order valence-corrected chi connectivity index (χ2v) is 7.96. The van der Waals surface area contributed by atoms with E-state index in [1.54, 1.807) is 24.3 Å². The molecular weight excluding hydrogens is 457 g/mol. The lowest BCUT2D eigenvalue weighted by atomic mass is 10.1. The molecule has 0 aliphatic heterocycles. The quantitative estimate of drug-likeness (QED) is 0.181. The third kappa shape index (κ3) is 9.36. The van der Waals surface area contributed by atoms with Gasteiger partial charge < -0.3 is 14.8 Å². The van der Waals surface area contributed by atoms with Crippen LogP contribution in [0.4, 0.5) is 18.9 Å². The SMILES string of the molecule is CCCCCCCCOc1ccc(/C=C(\C#N)C(=O)Nc2cccc(C(F)(F)F)c2)cc1OCC. The van der Waals surface area contributed by atoms with Crippen LogP contribution in [0, 0.1) is 11.3 Å². The number of benzene rings is 2. The number of ether oxygens (including phenoxy) is 2. The van der Waals surface area contributed by atoms with Gasteiger partial charge in [0.2, 0.25) is 0 Å². The van der Waals surface area contributed by atoms with Crippen LogP contribution < -0.4 is 14.8 Å². The molecule has 0 heterocycles. The van der Waals surface area contributed by atoms with Crippen molar-refractivity contribution in [2.24, 2.45) is 0 Å². The number of halogens is 3. The van der Waals surface area contributed by atoms with Crippen LogP contribution in [0.15, 0.2) is 48.0 Å². The van der Waals surface area contributed by atoms with Crippen LogP contribution in [0.25, 0.3) is 6.08 Å². The van der Waals surface area contributed by atoms with E-state index in [2.05, 4.69) is 12.2 Å². The van der Waals surface area contributed by atoms with E-state index < -0.39 is 17.6 Å². The Labute approximate surface area is 204 Å². The lowest BCUT2D eigenvalue weighted by molar-refractivity contribution is -0.137. The summed E-state index contributed by atoms with van der Waals surface area (Å²) in [6.07, 6.45) is 3.69. The fourth-order valence-corrected chi connectivity index (χ4v) is 3.35. The number of rotatable bonds is 13. The Bertz CT molecular complexity index is 1040. The van der Waals surface area contributed by atoms with E-state index in [1.807, 2.05) is 6.92 Å². The summed E-state index contributed by atoms with van der Waals surface area (Å²) in [6.45, 7) is 4.98. The molecule has 1 N–H and O–H groups in total. The first-order valence-electron chi connectivity index (χ1n) is 11.8. The summed E-state index contributed by atoms with van der Waals surface area (Å²) in [7, 11) is 0. The highest BCUT2D eigenvalue weighted by Gasteiger charge is 2.30. The highest BCUT2D eigenvalue weighted by Crippen LogP contribution is 2.31. The maximum Gasteiger partial charge on any atom is 0.416 e. The Kier molecular flexibility index (Phi) is 11.1. The second-order valence-electron chi connectivity index (χ2n) is 7.96. The van der Waals surface area contributed by atoms with Crippen molar-refractivity contribution in [2.75, 3.05) is 18.5 Å². The predicted octanol–water partition coefficient (Wildman–Crippen LogP) is 7.39. The number of carbonyl (C=O) groups is 1. The molecular formula is C27H31F3N2O3. The average Bonchev–Trinajstić information content (AvgIpc) is 2.82. The van der Waals surface area contributed by atoms with Crippen LogP contribution >= 0.6 is 0 Å². The zero-order valence-electron chi connectivity index (χ0n) is 20.1. The van der Waals surface area contributed by atoms with Gasteiger partial charge in [0.1, 0.15) is 11.6 Å². The molecule has 0 saturated carbocycles. The van der Waals surface area contributed by atoms with Crippen molar-refractivity contribution in [3.05, 3.63) is 59.2 Å². The minimum atomic E-state index is -4.54. The highest BCUT2D eigenvalue weighted by atomic mass is 19.4. The first kappa shape index (κ1) is 27.8. The lowest BCUT2D eigenvalue weighted by Crippen LogP contribution is -2.14. The number of carbonyl (C=O) groups excluding carboxylic acids is 1. The standard InChI is InChI=1S/C27H31F3N2O3/c1-3-5-6-7-8-9-15-35-24-14-13-20(17-25(24)34-4-2)16-21(19-31)26(33)32-23-12-10-11-22(18-23)27(28,29)30/h10-14,16-18H,3-9,15H2,1-2H3,(H,32,33)/b21-16+. The van der Waals surface area contributed by atoms with Gasteiger partial charge in [0, 0.05) is 5.69 Å². The van der Waals surface area contributed by atoms with Crippen LogP contribution in [-0.2, 0) is 11.0 Å². The van der Waals surface area contributed by atoms with E-state index >= 15 is 0 Å². The summed E-state index contributed by atoms with van der Waals surface area (Å²) in [5.74, 6) is 0.250. The molecule has 8 heteroatoms. The van der Waals surface area contributed by atoms with Crippen molar-refractivity contribution < 1.29 is 27.4 Å². The third-order valence-corrected chi connectivity index (χ3v) is 5.15. The Morgan fingerprint density at radius 2 is 1.74 bits per heavy atom. The van der Waals surface area contributed by atoms with E-state index in [0.717, 1.165) is 25.0 Å². The van der Waals surface area contributed by atoms with Gasteiger partial charge >= 0.3 is 6.18 Å². The van der Waals surface area contributed by atoms with Crippen LogP contribution in [0.5, 0.6) is 11.5 Å². The molecule has 188 valence electrons. The molecule has 0 radical (unpaired) electrons. The molecule has 0 unspecified atom stereocenters. The monoisotopic (exact) mass is 488 g/mol. The van der Waals surface area contributed by atoms with Gasteiger partial charge in [0.25, 0.3) is 5.91 Å². The molecule has 2 aromatic carbocycles. The number of hydrogen-bond donors (Lipinski definition) is 1. The first-order valence-corrected chi connectivity index (χ1v) is 11.8. The van der Waals surface area contributed by atoms with Gasteiger partial charge in [0.15, 0.2) is 11.5 Å². The van der Waals surface area contributed by atoms with E-state index in [1.165, 1.54) is 43.9 Å². The molecule has 0 aliphatic carbocycles. The Morgan fingerprint density at radius 1 is 1.00 bits per heavy atom. The molecule has 0 aliphatic rings. The fraction of sp³-hybridized carbons (Fsp3) is 0.407. The molecule has 0 bridgehead atoms. The topological polar surface area (TPSA) is 71.3 Å². The summed E-state index contributed by atoms with van der Waals surface area (Å²) >= 11 is 0. The van der Waals surface area contributed by atoms with Crippen molar-refractivity contribution >= 4 is 17.7 Å². The molecule has 0 spiro atoms. The normalized spacial score (nSPS) is 11.6. The first-order chi connectivity index (χ1) is 16.8. The van der Waals surface area contributed by atoms with Crippen molar-refractivity contribution in [1.29, 1.82) is 5.26 Å². The fourth-order valence-electron chi connectivity index (χ4n) is 3.35. The van der Waals surface area contributed by atoms with Crippen molar-refractivity contribution in [2.45, 2.75) is 58.5 Å². The van der Waals surface area contributed by atoms with E-state index in [9.17, 15) is 23.2 Å². The molecule has 1 amide bonds. The number of anilines is 1. The van der Waals surface area contributed by atoms with Crippen LogP contribution in [-0.4, -0.2) is 19.1 Å². The number of nitriles is 1. The Hall–Kier alpha value is -3.47. The van der Waals surface area contributed by atoms with E-state index in [4.69, 9.17) is 9.47 Å². The molecule has 35 heavy (non-hydrogen) atoms. The Balaban J connectivity index is 2.08. The van der Waals surface area contributed by atoms with Gasteiger partial charge in [-0.2, -0.15) is 18.4 Å². The molecule has 0 atom stereocenters. The van der Waals surface area contributed by atoms with Crippen LogP contribution in [0.2, 0.25) is 0 Å². The lowest BCUT2D eigenvalue weighted by Gasteiger charge is -2.13. The highest BCUT2D eigenvalue weighted by molar-refractivity contribution is 6.09. The number of unbranched alkanes of at least 4 members (excludes halogenated alkanes) is 5. The van der Waals surface area contributed by atoms with Gasteiger partial charge in [-0.25, -0.2) is 0 Å². The number of alkyl halides is 3. The number of nitrogens with zero attached hydrogens (tertiary/aromatic N) is 1. The number of amides is 1. The van der Waals surface area contributed by atoms with Crippen LogP contribution in [0.1, 0.15) is 63.5 Å². The van der Waals surface area contributed by atoms with Crippen molar-refractivity contribution in [3.8, 4) is 17.6 Å². The van der Waals surface area contributed by atoms with Gasteiger partial charge in [-0.3, -0.25) is 4.79 Å². The maximum atomic E-state index is 12.9. The van der Waals surface area contributed by atoms with Crippen LogP contribution in [0.3, 0.4) is 0 Å². The van der Waals surface area contributed by atoms with Crippen molar-refractivity contribution in [1.82, 2.24) is 0 Å². The van der Waals surface area contributed by atoms with Crippen molar-refractivity contribution in [3.63, 3.8) is 0 Å².